The third kappa shape index (κ3) is 3.54. The highest BCUT2D eigenvalue weighted by Crippen LogP contribution is 1.52. The van der Waals surface area contributed by atoms with E-state index in [2.05, 4.69) is 12.2 Å². The third-order valence-electron chi connectivity index (χ3n) is 0.285. The molecule has 0 fully saturated rings. The highest BCUT2D eigenvalue weighted by Gasteiger charge is 1.45. The summed E-state index contributed by atoms with van der Waals surface area (Å²) in [5.74, 6) is 0. The summed E-state index contributed by atoms with van der Waals surface area (Å²) in [6, 6.07) is 0. The van der Waals surface area contributed by atoms with Gasteiger partial charge in [-0.2, -0.15) is 0 Å². The maximum atomic E-state index is 3.43. The van der Waals surface area contributed by atoms with E-state index in [4.69, 9.17) is 0 Å². The molecule has 0 saturated carbocycles. The number of hydrogen-bond donors (Lipinski definition) is 1. The Bertz CT molecular complexity index is 30.6. The number of allylic oxidation sites excluding steroid dienone is 1. The summed E-state index contributed by atoms with van der Waals surface area (Å²) in [7, 11) is 1.84. The fraction of sp³-hybridized carbons (Fsp3) is 0.250. The lowest BCUT2D eigenvalue weighted by Gasteiger charge is -1.75. The number of hydrogen-bond acceptors (Lipinski definition) is 1. The van der Waals surface area contributed by atoms with Gasteiger partial charge in [0.15, 0.2) is 0 Å². The van der Waals surface area contributed by atoms with Crippen molar-refractivity contribution in [2.45, 2.75) is 0 Å². The van der Waals surface area contributed by atoms with Crippen LogP contribution in [0, 0.1) is 6.92 Å². The lowest BCUT2D eigenvalue weighted by atomic mass is 10.7. The fourth-order valence-corrected chi connectivity index (χ4v) is 0.118. The Kier molecular flexibility index (Phi) is 3.21. The van der Waals surface area contributed by atoms with Crippen LogP contribution in [0.5, 0.6) is 0 Å². The minimum Gasteiger partial charge on any atom is -0.394 e. The molecule has 29 valence electrons. The van der Waals surface area contributed by atoms with Gasteiger partial charge in [0.25, 0.3) is 0 Å². The SMILES string of the molecule is [CH2]/C=C/NC. The molecule has 0 amide bonds. The minimum absolute atomic E-state index is 1.69. The van der Waals surface area contributed by atoms with E-state index in [-0.39, 0.29) is 0 Å². The van der Waals surface area contributed by atoms with E-state index in [1.54, 1.807) is 12.3 Å². The van der Waals surface area contributed by atoms with Crippen molar-refractivity contribution in [1.82, 2.24) is 5.32 Å². The molecule has 1 radical (unpaired) electrons. The van der Waals surface area contributed by atoms with Gasteiger partial charge in [-0.25, -0.2) is 0 Å². The smallest absolute Gasteiger partial charge is 0.00276 e. The molecular formula is C4H8N. The van der Waals surface area contributed by atoms with Crippen LogP contribution in [-0.4, -0.2) is 7.05 Å². The largest absolute Gasteiger partial charge is 0.394 e. The van der Waals surface area contributed by atoms with Crippen molar-refractivity contribution in [2.75, 3.05) is 7.05 Å². The second-order valence-electron chi connectivity index (χ2n) is 0.691. The van der Waals surface area contributed by atoms with Crippen molar-refractivity contribution < 1.29 is 0 Å². The average Bonchev–Trinajstić information content (AvgIpc) is 1.41. The Morgan fingerprint density at radius 2 is 2.40 bits per heavy atom. The van der Waals surface area contributed by atoms with Crippen LogP contribution in [0.25, 0.3) is 0 Å². The highest BCUT2D eigenvalue weighted by molar-refractivity contribution is 4.79. The molecule has 0 aliphatic carbocycles. The Morgan fingerprint density at radius 1 is 1.80 bits per heavy atom. The van der Waals surface area contributed by atoms with Gasteiger partial charge in [-0.15, -0.1) is 0 Å². The molecule has 0 heterocycles. The normalized spacial score (nSPS) is 9.20. The molecule has 0 atom stereocenters. The van der Waals surface area contributed by atoms with Crippen LogP contribution >= 0.6 is 0 Å². The van der Waals surface area contributed by atoms with Crippen molar-refractivity contribution >= 4 is 0 Å². The predicted molar refractivity (Wildman–Crippen MR) is 23.6 cm³/mol. The molecule has 1 N–H and O–H groups in total. The fourth-order valence-electron chi connectivity index (χ4n) is 0.118. The molecule has 0 rings (SSSR count). The molecule has 5 heavy (non-hydrogen) atoms. The van der Waals surface area contributed by atoms with Gasteiger partial charge < -0.3 is 5.32 Å². The van der Waals surface area contributed by atoms with Crippen molar-refractivity contribution in [3.05, 3.63) is 19.2 Å². The first kappa shape index (κ1) is 4.54. The molecule has 0 bridgehead atoms. The predicted octanol–water partition coefficient (Wildman–Crippen LogP) is 0.554. The van der Waals surface area contributed by atoms with Crippen molar-refractivity contribution in [3.63, 3.8) is 0 Å². The summed E-state index contributed by atoms with van der Waals surface area (Å²) in [4.78, 5) is 0. The first-order valence-corrected chi connectivity index (χ1v) is 1.53. The molecule has 0 aromatic rings. The zero-order valence-corrected chi connectivity index (χ0v) is 3.36. The second kappa shape index (κ2) is 3.54. The highest BCUT2D eigenvalue weighted by atomic mass is 14.8. The summed E-state index contributed by atoms with van der Waals surface area (Å²) >= 11 is 0. The number of rotatable bonds is 1. The van der Waals surface area contributed by atoms with Crippen LogP contribution < -0.4 is 5.32 Å². The molecule has 1 nitrogen and oxygen atoms in total. The van der Waals surface area contributed by atoms with Gasteiger partial charge in [-0.05, 0) is 13.1 Å². The van der Waals surface area contributed by atoms with Crippen molar-refractivity contribution in [3.8, 4) is 0 Å². The van der Waals surface area contributed by atoms with E-state index in [0.29, 0.717) is 0 Å². The Labute approximate surface area is 32.7 Å². The molecule has 0 saturated heterocycles. The molecular weight excluding hydrogens is 62.1 g/mol. The Morgan fingerprint density at radius 3 is 2.40 bits per heavy atom. The van der Waals surface area contributed by atoms with E-state index in [9.17, 15) is 0 Å². The standard InChI is InChI=1S/C4H8N/c1-3-4-5-2/h3-5H,1H2,2H3/b4-3+. The zero-order valence-electron chi connectivity index (χ0n) is 3.36. The maximum Gasteiger partial charge on any atom is 0.00276 e. The van der Waals surface area contributed by atoms with Gasteiger partial charge in [-0.1, -0.05) is 6.08 Å². The van der Waals surface area contributed by atoms with Crippen LogP contribution in [0.4, 0.5) is 0 Å². The zero-order chi connectivity index (χ0) is 4.12. The van der Waals surface area contributed by atoms with Gasteiger partial charge in [-0.3, -0.25) is 0 Å². The summed E-state index contributed by atoms with van der Waals surface area (Å²) in [5.41, 5.74) is 0. The summed E-state index contributed by atoms with van der Waals surface area (Å²) < 4.78 is 0. The first-order valence-electron chi connectivity index (χ1n) is 1.53. The van der Waals surface area contributed by atoms with E-state index < -0.39 is 0 Å². The summed E-state index contributed by atoms with van der Waals surface area (Å²) in [6.07, 6.45) is 3.46. The molecule has 0 aliphatic heterocycles. The maximum absolute atomic E-state index is 3.43. The van der Waals surface area contributed by atoms with Crippen LogP contribution in [0.15, 0.2) is 12.3 Å². The van der Waals surface area contributed by atoms with Gasteiger partial charge in [0.2, 0.25) is 0 Å². The second-order valence-corrected chi connectivity index (χ2v) is 0.691. The molecule has 0 aliphatic rings. The van der Waals surface area contributed by atoms with Crippen LogP contribution in [0.3, 0.4) is 0 Å². The lowest BCUT2D eigenvalue weighted by molar-refractivity contribution is 1.10. The first-order chi connectivity index (χ1) is 2.41. The van der Waals surface area contributed by atoms with Crippen LogP contribution in [0.1, 0.15) is 0 Å². The van der Waals surface area contributed by atoms with Gasteiger partial charge in [0.1, 0.15) is 0 Å². The quantitative estimate of drug-likeness (QED) is 0.475. The monoisotopic (exact) mass is 70.1 g/mol. The molecule has 0 spiro atoms. The van der Waals surface area contributed by atoms with Crippen LogP contribution in [-0.2, 0) is 0 Å². The van der Waals surface area contributed by atoms with E-state index in [1.807, 2.05) is 7.05 Å². The Hall–Kier alpha value is -0.460. The van der Waals surface area contributed by atoms with Crippen LogP contribution in [0.2, 0.25) is 0 Å². The lowest BCUT2D eigenvalue weighted by Crippen LogP contribution is -1.89. The van der Waals surface area contributed by atoms with E-state index >= 15 is 0 Å². The van der Waals surface area contributed by atoms with Gasteiger partial charge >= 0.3 is 0 Å². The van der Waals surface area contributed by atoms with E-state index in [1.165, 1.54) is 0 Å². The molecule has 0 unspecified atom stereocenters. The summed E-state index contributed by atoms with van der Waals surface area (Å²) in [6.45, 7) is 3.43. The molecule has 0 aromatic carbocycles. The average molecular weight is 70.1 g/mol. The topological polar surface area (TPSA) is 12.0 Å². The summed E-state index contributed by atoms with van der Waals surface area (Å²) in [5, 5.41) is 2.77. The van der Waals surface area contributed by atoms with Gasteiger partial charge in [0.05, 0.1) is 0 Å². The third-order valence-corrected chi connectivity index (χ3v) is 0.285. The molecule has 0 aromatic heterocycles. The Balaban J connectivity index is 2.62. The number of nitrogens with one attached hydrogen (secondary N) is 1. The van der Waals surface area contributed by atoms with Gasteiger partial charge in [0, 0.05) is 7.05 Å². The van der Waals surface area contributed by atoms with Crippen molar-refractivity contribution in [1.29, 1.82) is 0 Å². The van der Waals surface area contributed by atoms with Crippen molar-refractivity contribution in [2.24, 2.45) is 0 Å². The molecule has 1 heteroatoms. The minimum atomic E-state index is 1.69. The van der Waals surface area contributed by atoms with E-state index in [0.717, 1.165) is 0 Å².